The number of carbonyl (C=O) groups excluding carboxylic acids is 1. The number of hydrogen-bond acceptors (Lipinski definition) is 5. The van der Waals surface area contributed by atoms with Crippen LogP contribution in [0.3, 0.4) is 0 Å². The third kappa shape index (κ3) is 2.28. The second-order valence-corrected chi connectivity index (χ2v) is 3.16. The average molecular weight is 224 g/mol. The number of hydrogen-bond donors (Lipinski definition) is 1. The smallest absolute Gasteiger partial charge is 0.272 e. The van der Waals surface area contributed by atoms with Gasteiger partial charge >= 0.3 is 0 Å². The lowest BCUT2D eigenvalue weighted by Gasteiger charge is -2.10. The minimum Gasteiger partial charge on any atom is -0.491 e. The second-order valence-electron chi connectivity index (χ2n) is 3.16. The van der Waals surface area contributed by atoms with Crippen molar-refractivity contribution in [2.45, 2.75) is 13.8 Å². The van der Waals surface area contributed by atoms with E-state index in [-0.39, 0.29) is 28.5 Å². The van der Waals surface area contributed by atoms with Gasteiger partial charge in [-0.3, -0.25) is 14.9 Å². The van der Waals surface area contributed by atoms with Crippen molar-refractivity contribution in [2.24, 2.45) is 0 Å². The number of Topliss-reactive ketones (excluding diaryl/α,β-unsaturated/α-hetero) is 1. The molecule has 1 aromatic carbocycles. The number of anilines is 1. The maximum Gasteiger partial charge on any atom is 0.272 e. The van der Waals surface area contributed by atoms with Crippen LogP contribution in [0.5, 0.6) is 5.75 Å². The average Bonchev–Trinajstić information content (AvgIpc) is 2.20. The topological polar surface area (TPSA) is 95.5 Å². The van der Waals surface area contributed by atoms with E-state index in [9.17, 15) is 14.9 Å². The van der Waals surface area contributed by atoms with Gasteiger partial charge in [0.1, 0.15) is 0 Å². The van der Waals surface area contributed by atoms with Crippen molar-refractivity contribution >= 4 is 17.2 Å². The molecule has 0 amide bonds. The molecule has 16 heavy (non-hydrogen) atoms. The van der Waals surface area contributed by atoms with E-state index >= 15 is 0 Å². The Morgan fingerprint density at radius 2 is 2.19 bits per heavy atom. The Bertz CT molecular complexity index is 443. The maximum atomic E-state index is 11.3. The predicted molar refractivity (Wildman–Crippen MR) is 58.7 cm³/mol. The Balaban J connectivity index is 3.39. The number of nitrogen functional groups attached to an aromatic ring is 1. The molecular weight excluding hydrogens is 212 g/mol. The third-order valence-electron chi connectivity index (χ3n) is 1.98. The summed E-state index contributed by atoms with van der Waals surface area (Å²) < 4.78 is 5.20. The minimum absolute atomic E-state index is 0.0984. The van der Waals surface area contributed by atoms with Crippen molar-refractivity contribution in [3.05, 3.63) is 27.8 Å². The zero-order chi connectivity index (χ0) is 12.3. The van der Waals surface area contributed by atoms with Crippen LogP contribution in [-0.4, -0.2) is 17.3 Å². The second kappa shape index (κ2) is 4.61. The van der Waals surface area contributed by atoms with E-state index in [1.807, 2.05) is 0 Å². The fourth-order valence-electron chi connectivity index (χ4n) is 1.31. The third-order valence-corrected chi connectivity index (χ3v) is 1.98. The quantitative estimate of drug-likeness (QED) is 0.364. The van der Waals surface area contributed by atoms with Gasteiger partial charge in [-0.25, -0.2) is 0 Å². The molecule has 0 radical (unpaired) electrons. The minimum atomic E-state index is -0.599. The zero-order valence-corrected chi connectivity index (χ0v) is 9.02. The molecule has 0 spiro atoms. The fraction of sp³-hybridized carbons (Fsp3) is 0.300. The van der Waals surface area contributed by atoms with Crippen LogP contribution in [0, 0.1) is 10.1 Å². The van der Waals surface area contributed by atoms with E-state index in [1.54, 1.807) is 6.92 Å². The fourth-order valence-corrected chi connectivity index (χ4v) is 1.31. The number of carbonyl (C=O) groups is 1. The number of nitrogens with zero attached hydrogens (tertiary/aromatic N) is 1. The van der Waals surface area contributed by atoms with Gasteiger partial charge in [0.05, 0.1) is 22.8 Å². The van der Waals surface area contributed by atoms with Crippen molar-refractivity contribution < 1.29 is 14.5 Å². The van der Waals surface area contributed by atoms with Gasteiger partial charge in [0.2, 0.25) is 0 Å². The van der Waals surface area contributed by atoms with Crippen LogP contribution >= 0.6 is 0 Å². The van der Waals surface area contributed by atoms with Gasteiger partial charge < -0.3 is 10.5 Å². The van der Waals surface area contributed by atoms with Gasteiger partial charge in [-0.2, -0.15) is 0 Å². The summed E-state index contributed by atoms with van der Waals surface area (Å²) >= 11 is 0. The molecule has 0 bridgehead atoms. The molecule has 0 saturated carbocycles. The highest BCUT2D eigenvalue weighted by Crippen LogP contribution is 2.31. The van der Waals surface area contributed by atoms with Crippen molar-refractivity contribution in [1.82, 2.24) is 0 Å². The highest BCUT2D eigenvalue weighted by molar-refractivity contribution is 5.99. The van der Waals surface area contributed by atoms with Crippen LogP contribution in [0.15, 0.2) is 12.1 Å². The molecule has 0 aliphatic heterocycles. The first-order valence-electron chi connectivity index (χ1n) is 4.69. The van der Waals surface area contributed by atoms with E-state index < -0.39 is 4.92 Å². The Kier molecular flexibility index (Phi) is 3.44. The van der Waals surface area contributed by atoms with Crippen molar-refractivity contribution in [3.8, 4) is 5.75 Å². The number of ketones is 1. The normalized spacial score (nSPS) is 9.88. The van der Waals surface area contributed by atoms with Gasteiger partial charge in [0.25, 0.3) is 5.69 Å². The molecule has 1 rings (SSSR count). The van der Waals surface area contributed by atoms with Crippen LogP contribution in [-0.2, 0) is 0 Å². The largest absolute Gasteiger partial charge is 0.491 e. The number of nitrogens with two attached hydrogens (primary N) is 1. The molecule has 86 valence electrons. The molecule has 0 unspecified atom stereocenters. The molecular formula is C10H12N2O4. The summed E-state index contributed by atoms with van der Waals surface area (Å²) in [5.41, 5.74) is 5.62. The van der Waals surface area contributed by atoms with Crippen LogP contribution in [0.1, 0.15) is 24.2 Å². The van der Waals surface area contributed by atoms with E-state index in [0.29, 0.717) is 6.61 Å². The molecule has 6 nitrogen and oxygen atoms in total. The van der Waals surface area contributed by atoms with Crippen molar-refractivity contribution in [2.75, 3.05) is 12.3 Å². The highest BCUT2D eigenvalue weighted by Gasteiger charge is 2.18. The molecule has 0 aromatic heterocycles. The summed E-state index contributed by atoms with van der Waals surface area (Å²) in [6, 6.07) is 2.35. The van der Waals surface area contributed by atoms with E-state index in [2.05, 4.69) is 0 Å². The lowest BCUT2D eigenvalue weighted by Crippen LogP contribution is -2.05. The Morgan fingerprint density at radius 1 is 1.56 bits per heavy atom. The van der Waals surface area contributed by atoms with Gasteiger partial charge in [-0.1, -0.05) is 0 Å². The lowest BCUT2D eigenvalue weighted by molar-refractivity contribution is -0.384. The molecule has 1 aromatic rings. The van der Waals surface area contributed by atoms with E-state index in [0.717, 1.165) is 0 Å². The summed E-state index contributed by atoms with van der Waals surface area (Å²) in [7, 11) is 0. The molecule has 0 fully saturated rings. The number of nitro benzene ring substituents is 1. The number of nitro groups is 1. The summed E-state index contributed by atoms with van der Waals surface area (Å²) in [4.78, 5) is 21.3. The van der Waals surface area contributed by atoms with Crippen LogP contribution in [0.2, 0.25) is 0 Å². The Morgan fingerprint density at radius 3 is 2.62 bits per heavy atom. The molecule has 0 heterocycles. The number of ether oxygens (including phenoxy) is 1. The maximum absolute atomic E-state index is 11.3. The summed E-state index contributed by atoms with van der Waals surface area (Å²) in [5, 5.41) is 10.6. The highest BCUT2D eigenvalue weighted by atomic mass is 16.6. The Hall–Kier alpha value is -2.11. The zero-order valence-electron chi connectivity index (χ0n) is 9.02. The van der Waals surface area contributed by atoms with Crippen molar-refractivity contribution in [3.63, 3.8) is 0 Å². The number of rotatable bonds is 4. The molecule has 2 N–H and O–H groups in total. The molecule has 6 heteroatoms. The standard InChI is InChI=1S/C10H12N2O4/c1-3-16-10-8(6(2)13)4-7(12(14)15)5-9(10)11/h4-5H,3,11H2,1-2H3. The molecule has 0 aliphatic carbocycles. The summed E-state index contributed by atoms with van der Waals surface area (Å²) in [6.07, 6.45) is 0. The van der Waals surface area contributed by atoms with Gasteiger partial charge in [0, 0.05) is 12.1 Å². The van der Waals surface area contributed by atoms with Crippen molar-refractivity contribution in [1.29, 1.82) is 0 Å². The molecule has 0 atom stereocenters. The lowest BCUT2D eigenvalue weighted by atomic mass is 10.1. The predicted octanol–water partition coefficient (Wildman–Crippen LogP) is 1.78. The monoisotopic (exact) mass is 224 g/mol. The van der Waals surface area contributed by atoms with Gasteiger partial charge in [0.15, 0.2) is 11.5 Å². The number of benzene rings is 1. The van der Waals surface area contributed by atoms with E-state index in [4.69, 9.17) is 10.5 Å². The van der Waals surface area contributed by atoms with E-state index in [1.165, 1.54) is 19.1 Å². The van der Waals surface area contributed by atoms with Gasteiger partial charge in [-0.05, 0) is 13.8 Å². The first-order valence-corrected chi connectivity index (χ1v) is 4.69. The summed E-state index contributed by atoms with van der Waals surface area (Å²) in [5.74, 6) is -0.112. The SMILES string of the molecule is CCOc1c(N)cc([N+](=O)[O-])cc1C(C)=O. The first kappa shape index (κ1) is 12.0. The Labute approximate surface area is 92.2 Å². The van der Waals surface area contributed by atoms with Crippen LogP contribution < -0.4 is 10.5 Å². The van der Waals surface area contributed by atoms with Gasteiger partial charge in [-0.15, -0.1) is 0 Å². The van der Waals surface area contributed by atoms with Crippen LogP contribution in [0.25, 0.3) is 0 Å². The molecule has 0 saturated heterocycles. The summed E-state index contributed by atoms with van der Waals surface area (Å²) in [6.45, 7) is 3.38. The van der Waals surface area contributed by atoms with Crippen LogP contribution in [0.4, 0.5) is 11.4 Å². The number of non-ortho nitro benzene ring substituents is 1. The molecule has 0 aliphatic rings. The first-order chi connectivity index (χ1) is 7.47.